The fourth-order valence-corrected chi connectivity index (χ4v) is 3.62. The molecule has 0 amide bonds. The zero-order valence-electron chi connectivity index (χ0n) is 11.2. The van der Waals surface area contributed by atoms with Gasteiger partial charge in [-0.05, 0) is 26.7 Å². The van der Waals surface area contributed by atoms with E-state index < -0.39 is 6.10 Å². The minimum Gasteiger partial charge on any atom is -0.389 e. The highest BCUT2D eigenvalue weighted by atomic mass is 32.2. The first kappa shape index (κ1) is 13.8. The van der Waals surface area contributed by atoms with E-state index >= 15 is 0 Å². The third-order valence-electron chi connectivity index (χ3n) is 3.52. The van der Waals surface area contributed by atoms with E-state index in [0.29, 0.717) is 0 Å². The van der Waals surface area contributed by atoms with Crippen LogP contribution in [0.1, 0.15) is 62.2 Å². The van der Waals surface area contributed by atoms with Gasteiger partial charge in [-0.2, -0.15) is 11.8 Å². The van der Waals surface area contributed by atoms with Crippen molar-refractivity contribution in [3.8, 4) is 0 Å². The van der Waals surface area contributed by atoms with Crippen LogP contribution in [0.4, 0.5) is 0 Å². The Bertz CT molecular complexity index is 389. The van der Waals surface area contributed by atoms with Crippen LogP contribution in [0.3, 0.4) is 0 Å². The smallest absolute Gasteiger partial charge is 0.138 e. The minimum atomic E-state index is -0.481. The summed E-state index contributed by atoms with van der Waals surface area (Å²) in [5.41, 5.74) is 1.74. The number of hydrogen-bond donors (Lipinski definition) is 1. The van der Waals surface area contributed by atoms with Crippen molar-refractivity contribution in [3.63, 3.8) is 0 Å². The predicted molar refractivity (Wildman–Crippen MR) is 75.6 cm³/mol. The van der Waals surface area contributed by atoms with E-state index in [-0.39, 0.29) is 0 Å². The summed E-state index contributed by atoms with van der Waals surface area (Å²) in [5.74, 6) is 1.79. The first-order valence-electron chi connectivity index (χ1n) is 6.79. The Balaban J connectivity index is 1.91. The maximum Gasteiger partial charge on any atom is 0.138 e. The lowest BCUT2D eigenvalue weighted by molar-refractivity contribution is 0.197. The second-order valence-electron chi connectivity index (χ2n) is 5.07. The van der Waals surface area contributed by atoms with Crippen molar-refractivity contribution < 1.29 is 5.11 Å². The number of hydrogen-bond acceptors (Lipinski definition) is 4. The summed E-state index contributed by atoms with van der Waals surface area (Å²) in [7, 11) is 0. The largest absolute Gasteiger partial charge is 0.389 e. The van der Waals surface area contributed by atoms with E-state index in [1.54, 1.807) is 13.1 Å². The van der Waals surface area contributed by atoms with E-state index in [1.807, 2.05) is 18.7 Å². The van der Waals surface area contributed by atoms with Crippen molar-refractivity contribution in [2.24, 2.45) is 0 Å². The number of aliphatic hydroxyl groups is 1. The highest BCUT2D eigenvalue weighted by Gasteiger charge is 2.15. The normalized spacial score (nSPS) is 18.8. The van der Waals surface area contributed by atoms with Gasteiger partial charge in [-0.15, -0.1) is 0 Å². The standard InChI is InChI=1S/C14H22N2OS/c1-10-13(11(2)17)8-15-14(16-10)9-18-12-6-4-3-5-7-12/h8,11-12,17H,3-7,9H2,1-2H3/t11-/m0/s1. The van der Waals surface area contributed by atoms with E-state index in [2.05, 4.69) is 9.97 Å². The number of thioether (sulfide) groups is 1. The summed E-state index contributed by atoms with van der Waals surface area (Å²) >= 11 is 1.99. The summed E-state index contributed by atoms with van der Waals surface area (Å²) in [6.45, 7) is 3.70. The number of rotatable bonds is 4. The molecule has 0 radical (unpaired) electrons. The molecule has 0 spiro atoms. The molecule has 0 unspecified atom stereocenters. The maximum atomic E-state index is 9.54. The second kappa shape index (κ2) is 6.53. The Labute approximate surface area is 113 Å². The van der Waals surface area contributed by atoms with Gasteiger partial charge in [-0.3, -0.25) is 0 Å². The van der Waals surface area contributed by atoms with Gasteiger partial charge in [0, 0.05) is 22.7 Å². The van der Waals surface area contributed by atoms with E-state index in [9.17, 15) is 5.11 Å². The Kier molecular flexibility index (Phi) is 5.01. The molecule has 3 nitrogen and oxygen atoms in total. The molecular weight excluding hydrogens is 244 g/mol. The Morgan fingerprint density at radius 3 is 2.72 bits per heavy atom. The molecule has 0 aliphatic heterocycles. The molecule has 1 aromatic rings. The zero-order valence-corrected chi connectivity index (χ0v) is 12.0. The summed E-state index contributed by atoms with van der Waals surface area (Å²) in [5, 5.41) is 10.3. The van der Waals surface area contributed by atoms with Gasteiger partial charge < -0.3 is 5.11 Å². The van der Waals surface area contributed by atoms with Crippen molar-refractivity contribution in [2.45, 2.75) is 63.1 Å². The first-order valence-corrected chi connectivity index (χ1v) is 7.84. The molecule has 4 heteroatoms. The molecule has 1 aliphatic rings. The van der Waals surface area contributed by atoms with Crippen LogP contribution >= 0.6 is 11.8 Å². The first-order chi connectivity index (χ1) is 8.66. The topological polar surface area (TPSA) is 46.0 Å². The lowest BCUT2D eigenvalue weighted by Crippen LogP contribution is -2.09. The molecule has 1 aromatic heterocycles. The molecule has 1 atom stereocenters. The van der Waals surface area contributed by atoms with Crippen LogP contribution in [-0.4, -0.2) is 20.3 Å². The maximum absolute atomic E-state index is 9.54. The molecule has 18 heavy (non-hydrogen) atoms. The number of aryl methyl sites for hydroxylation is 1. The second-order valence-corrected chi connectivity index (χ2v) is 6.36. The number of aliphatic hydroxyl groups excluding tert-OH is 1. The highest BCUT2D eigenvalue weighted by Crippen LogP contribution is 2.30. The molecule has 2 rings (SSSR count). The fourth-order valence-electron chi connectivity index (χ4n) is 2.43. The van der Waals surface area contributed by atoms with Crippen LogP contribution in [0.2, 0.25) is 0 Å². The number of nitrogens with zero attached hydrogens (tertiary/aromatic N) is 2. The molecule has 1 aliphatic carbocycles. The quantitative estimate of drug-likeness (QED) is 0.907. The molecule has 1 fully saturated rings. The Morgan fingerprint density at radius 2 is 2.11 bits per heavy atom. The fraction of sp³-hybridized carbons (Fsp3) is 0.714. The van der Waals surface area contributed by atoms with Gasteiger partial charge in [-0.25, -0.2) is 9.97 Å². The lowest BCUT2D eigenvalue weighted by Gasteiger charge is -2.20. The predicted octanol–water partition coefficient (Wildman–Crippen LogP) is 3.40. The van der Waals surface area contributed by atoms with Gasteiger partial charge in [-0.1, -0.05) is 19.3 Å². The van der Waals surface area contributed by atoms with Crippen LogP contribution in [-0.2, 0) is 5.75 Å². The van der Waals surface area contributed by atoms with E-state index in [4.69, 9.17) is 0 Å². The van der Waals surface area contributed by atoms with Gasteiger partial charge >= 0.3 is 0 Å². The zero-order chi connectivity index (χ0) is 13.0. The van der Waals surface area contributed by atoms with E-state index in [1.165, 1.54) is 32.1 Å². The monoisotopic (exact) mass is 266 g/mol. The van der Waals surface area contributed by atoms with Gasteiger partial charge in [0.25, 0.3) is 0 Å². The molecule has 1 N–H and O–H groups in total. The van der Waals surface area contributed by atoms with E-state index in [0.717, 1.165) is 28.1 Å². The molecule has 1 saturated carbocycles. The van der Waals surface area contributed by atoms with Crippen molar-refractivity contribution in [1.82, 2.24) is 9.97 Å². The van der Waals surface area contributed by atoms with Crippen molar-refractivity contribution in [1.29, 1.82) is 0 Å². The Hall–Kier alpha value is -0.610. The Morgan fingerprint density at radius 1 is 1.39 bits per heavy atom. The highest BCUT2D eigenvalue weighted by molar-refractivity contribution is 7.99. The third kappa shape index (κ3) is 3.69. The van der Waals surface area contributed by atoms with Crippen LogP contribution in [0, 0.1) is 6.92 Å². The van der Waals surface area contributed by atoms with Gasteiger partial charge in [0.15, 0.2) is 0 Å². The molecule has 0 aromatic carbocycles. The van der Waals surface area contributed by atoms with Crippen molar-refractivity contribution in [3.05, 3.63) is 23.3 Å². The SMILES string of the molecule is Cc1nc(CSC2CCCCC2)ncc1[C@H](C)O. The molecule has 0 saturated heterocycles. The summed E-state index contributed by atoms with van der Waals surface area (Å²) < 4.78 is 0. The van der Waals surface area contributed by atoms with Gasteiger partial charge in [0.2, 0.25) is 0 Å². The minimum absolute atomic E-state index is 0.481. The van der Waals surface area contributed by atoms with Crippen LogP contribution in [0.5, 0.6) is 0 Å². The third-order valence-corrected chi connectivity index (χ3v) is 4.89. The van der Waals surface area contributed by atoms with Gasteiger partial charge in [0.1, 0.15) is 5.82 Å². The average molecular weight is 266 g/mol. The summed E-state index contributed by atoms with van der Waals surface area (Å²) in [4.78, 5) is 8.84. The summed E-state index contributed by atoms with van der Waals surface area (Å²) in [6, 6.07) is 0. The average Bonchev–Trinajstić information content (AvgIpc) is 2.37. The van der Waals surface area contributed by atoms with Crippen LogP contribution < -0.4 is 0 Å². The van der Waals surface area contributed by atoms with Crippen LogP contribution in [0.15, 0.2) is 6.20 Å². The molecule has 0 bridgehead atoms. The van der Waals surface area contributed by atoms with Gasteiger partial charge in [0.05, 0.1) is 11.9 Å². The summed E-state index contributed by atoms with van der Waals surface area (Å²) in [6.07, 6.45) is 8.12. The van der Waals surface area contributed by atoms with Crippen molar-refractivity contribution in [2.75, 3.05) is 0 Å². The lowest BCUT2D eigenvalue weighted by atomic mass is 10.0. The van der Waals surface area contributed by atoms with Crippen LogP contribution in [0.25, 0.3) is 0 Å². The number of aromatic nitrogens is 2. The molecule has 100 valence electrons. The molecule has 1 heterocycles. The van der Waals surface area contributed by atoms with Crippen molar-refractivity contribution >= 4 is 11.8 Å². The molecular formula is C14H22N2OS.